The molecular formula is C25H27BBrClN3O3S. The predicted molar refractivity (Wildman–Crippen MR) is 150 cm³/mol. The van der Waals surface area contributed by atoms with Crippen molar-refractivity contribution in [2.75, 3.05) is 39.2 Å². The molecule has 2 aromatic carbocycles. The number of esters is 1. The Balaban J connectivity index is 1.63. The molecule has 0 saturated carbocycles. The number of hydrogen-bond donors (Lipinski definition) is 1. The molecule has 0 fully saturated rings. The van der Waals surface area contributed by atoms with Crippen LogP contribution in [0.15, 0.2) is 46.4 Å². The van der Waals surface area contributed by atoms with Gasteiger partial charge in [-0.15, -0.1) is 11.3 Å². The SMILES string of the molecule is CCOC(=O)Cc1cn(Cc2csc3c(NCCN(C)[B]OC)cc(Cl)cc23)c2cc(Br)ccc12. The average Bonchev–Trinajstić information content (AvgIpc) is 3.35. The van der Waals surface area contributed by atoms with Crippen LogP contribution in [0.4, 0.5) is 5.69 Å². The smallest absolute Gasteiger partial charge is 0.398 e. The number of aromatic nitrogens is 1. The maximum atomic E-state index is 12.2. The Morgan fingerprint density at radius 3 is 2.86 bits per heavy atom. The number of fused-ring (bicyclic) bond motifs is 2. The predicted octanol–water partition coefficient (Wildman–Crippen LogP) is 5.95. The summed E-state index contributed by atoms with van der Waals surface area (Å²) < 4.78 is 14.6. The Bertz CT molecular complexity index is 1340. The van der Waals surface area contributed by atoms with Crippen molar-refractivity contribution in [2.24, 2.45) is 0 Å². The first kappa shape index (κ1) is 26.0. The molecule has 0 atom stereocenters. The molecule has 0 saturated heterocycles. The number of likely N-dealkylation sites (N-methyl/N-ethyl adjacent to an activating group) is 1. The molecule has 1 N–H and O–H groups in total. The van der Waals surface area contributed by atoms with Crippen molar-refractivity contribution in [3.8, 4) is 0 Å². The fourth-order valence-corrected chi connectivity index (χ4v) is 5.77. The molecule has 0 unspecified atom stereocenters. The highest BCUT2D eigenvalue weighted by Gasteiger charge is 2.16. The van der Waals surface area contributed by atoms with Crippen molar-refractivity contribution in [1.29, 1.82) is 0 Å². The van der Waals surface area contributed by atoms with E-state index in [9.17, 15) is 4.79 Å². The first-order valence-electron chi connectivity index (χ1n) is 11.3. The maximum absolute atomic E-state index is 12.2. The van der Waals surface area contributed by atoms with Gasteiger partial charge in [0.2, 0.25) is 0 Å². The number of anilines is 1. The Morgan fingerprint density at radius 1 is 1.26 bits per heavy atom. The molecule has 0 bridgehead atoms. The van der Waals surface area contributed by atoms with Crippen LogP contribution >= 0.6 is 38.9 Å². The first-order chi connectivity index (χ1) is 16.9. The lowest BCUT2D eigenvalue weighted by Gasteiger charge is -2.15. The van der Waals surface area contributed by atoms with Crippen molar-refractivity contribution in [3.63, 3.8) is 0 Å². The molecule has 0 amide bonds. The number of halogens is 2. The molecule has 4 rings (SSSR count). The molecule has 183 valence electrons. The zero-order chi connectivity index (χ0) is 24.9. The van der Waals surface area contributed by atoms with Crippen LogP contribution in [0.5, 0.6) is 0 Å². The second-order valence-electron chi connectivity index (χ2n) is 8.26. The van der Waals surface area contributed by atoms with Crippen LogP contribution in [0, 0.1) is 0 Å². The monoisotopic (exact) mass is 574 g/mol. The number of hydrogen-bond acceptors (Lipinski definition) is 6. The molecule has 1 radical (unpaired) electrons. The number of nitrogens with one attached hydrogen (secondary N) is 1. The Kier molecular flexibility index (Phi) is 8.78. The lowest BCUT2D eigenvalue weighted by atomic mass is 10.1. The molecule has 4 aromatic rings. The first-order valence-corrected chi connectivity index (χ1v) is 13.4. The summed E-state index contributed by atoms with van der Waals surface area (Å²) in [5.41, 5.74) is 4.23. The van der Waals surface area contributed by atoms with Crippen LogP contribution in [0.3, 0.4) is 0 Å². The van der Waals surface area contributed by atoms with E-state index in [-0.39, 0.29) is 12.4 Å². The Morgan fingerprint density at radius 2 is 2.09 bits per heavy atom. The van der Waals surface area contributed by atoms with Gasteiger partial charge in [0.1, 0.15) is 0 Å². The number of carbonyl (C=O) groups is 1. The maximum Gasteiger partial charge on any atom is 0.398 e. The van der Waals surface area contributed by atoms with Crippen LogP contribution < -0.4 is 5.32 Å². The summed E-state index contributed by atoms with van der Waals surface area (Å²) in [5, 5.41) is 8.58. The molecule has 0 aliphatic carbocycles. The van der Waals surface area contributed by atoms with Gasteiger partial charge in [-0.2, -0.15) is 0 Å². The van der Waals surface area contributed by atoms with Gasteiger partial charge in [0.05, 0.1) is 23.4 Å². The van der Waals surface area contributed by atoms with Gasteiger partial charge in [-0.1, -0.05) is 33.6 Å². The van der Waals surface area contributed by atoms with E-state index in [2.05, 4.69) is 43.5 Å². The molecule has 0 aliphatic heterocycles. The molecule has 0 spiro atoms. The van der Waals surface area contributed by atoms with Gasteiger partial charge in [0.25, 0.3) is 0 Å². The zero-order valence-electron chi connectivity index (χ0n) is 19.9. The van der Waals surface area contributed by atoms with Crippen molar-refractivity contribution in [1.82, 2.24) is 9.38 Å². The summed E-state index contributed by atoms with van der Waals surface area (Å²) in [5.74, 6) is -0.216. The zero-order valence-corrected chi connectivity index (χ0v) is 23.1. The van der Waals surface area contributed by atoms with Crippen LogP contribution in [0.1, 0.15) is 18.1 Å². The normalized spacial score (nSPS) is 11.5. The molecule has 35 heavy (non-hydrogen) atoms. The third kappa shape index (κ3) is 6.21. The van der Waals surface area contributed by atoms with Crippen molar-refractivity contribution in [2.45, 2.75) is 19.9 Å². The summed E-state index contributed by atoms with van der Waals surface area (Å²) >= 11 is 11.8. The number of thiophene rings is 1. The highest BCUT2D eigenvalue weighted by Crippen LogP contribution is 2.36. The lowest BCUT2D eigenvalue weighted by Crippen LogP contribution is -2.29. The Labute approximate surface area is 223 Å². The highest BCUT2D eigenvalue weighted by atomic mass is 79.9. The van der Waals surface area contributed by atoms with Gasteiger partial charge in [-0.3, -0.25) is 4.79 Å². The van der Waals surface area contributed by atoms with Crippen molar-refractivity contribution < 1.29 is 14.2 Å². The number of rotatable bonds is 11. The second kappa shape index (κ2) is 11.8. The quantitative estimate of drug-likeness (QED) is 0.177. The highest BCUT2D eigenvalue weighted by molar-refractivity contribution is 9.10. The summed E-state index contributed by atoms with van der Waals surface area (Å²) in [6.07, 6.45) is 2.31. The van der Waals surface area contributed by atoms with Gasteiger partial charge in [-0.25, -0.2) is 0 Å². The van der Waals surface area contributed by atoms with Gasteiger partial charge >= 0.3 is 13.6 Å². The summed E-state index contributed by atoms with van der Waals surface area (Å²) in [6.45, 7) is 4.42. The summed E-state index contributed by atoms with van der Waals surface area (Å²) in [6, 6.07) is 10.1. The number of nitrogens with zero attached hydrogens (tertiary/aromatic N) is 2. The van der Waals surface area contributed by atoms with Gasteiger partial charge < -0.3 is 24.1 Å². The fraction of sp³-hybridized carbons (Fsp3) is 0.320. The van der Waals surface area contributed by atoms with Crippen LogP contribution in [-0.2, 0) is 27.2 Å². The fourth-order valence-electron chi connectivity index (χ4n) is 4.17. The number of ether oxygens (including phenoxy) is 1. The lowest BCUT2D eigenvalue weighted by molar-refractivity contribution is -0.142. The van der Waals surface area contributed by atoms with Gasteiger partial charge in [0, 0.05) is 58.7 Å². The summed E-state index contributed by atoms with van der Waals surface area (Å²) in [7, 11) is 5.30. The van der Waals surface area contributed by atoms with E-state index in [0.717, 1.165) is 45.1 Å². The standard InChI is InChI=1S/C25H27BBrClN3O3S/c1-4-34-24(32)9-16-13-31(23-10-18(27)5-6-20(16)23)14-17-15-35-25-21(17)11-19(28)12-22(25)29-7-8-30(2)26-33-3/h5-6,10-13,15,29H,4,7-9,14H2,1-3H3. The molecule has 10 heteroatoms. The number of benzene rings is 2. The van der Waals surface area contributed by atoms with E-state index >= 15 is 0 Å². The van der Waals surface area contributed by atoms with Gasteiger partial charge in [0.15, 0.2) is 0 Å². The minimum atomic E-state index is -0.216. The third-order valence-electron chi connectivity index (χ3n) is 5.69. The minimum Gasteiger partial charge on any atom is -0.466 e. The third-order valence-corrected chi connectivity index (χ3v) is 7.48. The van der Waals surface area contributed by atoms with Crippen LogP contribution in [-0.4, -0.2) is 56.8 Å². The van der Waals surface area contributed by atoms with E-state index in [1.165, 1.54) is 10.3 Å². The minimum absolute atomic E-state index is 0.216. The molecular weight excluding hydrogens is 549 g/mol. The largest absolute Gasteiger partial charge is 0.466 e. The topological polar surface area (TPSA) is 55.7 Å². The molecule has 2 heterocycles. The summed E-state index contributed by atoms with van der Waals surface area (Å²) in [4.78, 5) is 14.2. The van der Waals surface area contributed by atoms with Gasteiger partial charge in [-0.05, 0) is 54.7 Å². The van der Waals surface area contributed by atoms with E-state index in [1.54, 1.807) is 26.1 Å². The van der Waals surface area contributed by atoms with E-state index in [4.69, 9.17) is 21.0 Å². The molecule has 6 nitrogen and oxygen atoms in total. The van der Waals surface area contributed by atoms with Crippen molar-refractivity contribution in [3.05, 3.63) is 62.5 Å². The number of carbonyl (C=O) groups excluding carboxylic acids is 1. The Hall–Kier alpha value is -2.04. The average molecular weight is 576 g/mol. The van der Waals surface area contributed by atoms with Crippen molar-refractivity contribution >= 4 is 79.1 Å². The van der Waals surface area contributed by atoms with E-state index < -0.39 is 0 Å². The molecule has 0 aliphatic rings. The van der Waals surface area contributed by atoms with Crippen LogP contribution in [0.2, 0.25) is 5.02 Å². The van der Waals surface area contributed by atoms with E-state index in [1.807, 2.05) is 43.0 Å². The molecule has 2 aromatic heterocycles. The van der Waals surface area contributed by atoms with E-state index in [0.29, 0.717) is 18.2 Å². The van der Waals surface area contributed by atoms with Crippen LogP contribution in [0.25, 0.3) is 21.0 Å². The second-order valence-corrected chi connectivity index (χ2v) is 10.5.